The maximum absolute atomic E-state index is 12.9. The van der Waals surface area contributed by atoms with E-state index in [0.717, 1.165) is 16.7 Å². The number of rotatable bonds is 13. The molecule has 268 valence electrons. The van der Waals surface area contributed by atoms with Crippen LogP contribution in [-0.4, -0.2) is 53.6 Å². The van der Waals surface area contributed by atoms with Crippen LogP contribution in [0.25, 0.3) is 0 Å². The maximum atomic E-state index is 12.9. The monoisotopic (exact) mass is 705 g/mol. The molecule has 2 aromatic heterocycles. The van der Waals surface area contributed by atoms with E-state index in [1.165, 1.54) is 17.0 Å². The number of hydrogen-bond acceptors (Lipinski definition) is 9. The van der Waals surface area contributed by atoms with Crippen molar-refractivity contribution in [1.29, 1.82) is 0 Å². The Bertz CT molecular complexity index is 2070. The molecule has 5 aromatic rings. The van der Waals surface area contributed by atoms with Crippen LogP contribution < -0.4 is 26.0 Å². The Kier molecular flexibility index (Phi) is 11.4. The van der Waals surface area contributed by atoms with Crippen LogP contribution in [0.2, 0.25) is 0 Å². The van der Waals surface area contributed by atoms with E-state index in [2.05, 4.69) is 22.1 Å². The summed E-state index contributed by atoms with van der Waals surface area (Å²) in [6.45, 7) is 0.205. The number of carbonyl (C=O) groups is 1. The summed E-state index contributed by atoms with van der Waals surface area (Å²) < 4.78 is 30.4. The number of hydrogen-bond donors (Lipinski definition) is 3. The van der Waals surface area contributed by atoms with E-state index >= 15 is 0 Å². The third-order valence-corrected chi connectivity index (χ3v) is 8.86. The molecule has 52 heavy (non-hydrogen) atoms. The third-order valence-electron chi connectivity index (χ3n) is 8.86. The number of nitrogens with one attached hydrogen (secondary N) is 2. The van der Waals surface area contributed by atoms with Gasteiger partial charge in [0, 0.05) is 25.5 Å². The molecule has 1 aliphatic rings. The predicted molar refractivity (Wildman–Crippen MR) is 191 cm³/mol. The van der Waals surface area contributed by atoms with Gasteiger partial charge >= 0.3 is 5.69 Å². The molecule has 0 aliphatic carbocycles. The second-order valence-corrected chi connectivity index (χ2v) is 12.1. The maximum Gasteiger partial charge on any atom is 0.330 e. The van der Waals surface area contributed by atoms with Crippen LogP contribution in [0.3, 0.4) is 0 Å². The molecule has 3 aromatic carbocycles. The highest BCUT2D eigenvalue weighted by Gasteiger charge is 2.42. The molecular weight excluding hydrogens is 666 g/mol. The number of aromatic amines is 1. The second-order valence-electron chi connectivity index (χ2n) is 12.1. The predicted octanol–water partition coefficient (Wildman–Crippen LogP) is 4.25. The lowest BCUT2D eigenvalue weighted by atomic mass is 9.80. The van der Waals surface area contributed by atoms with Gasteiger partial charge in [-0.3, -0.25) is 19.1 Å². The van der Waals surface area contributed by atoms with Gasteiger partial charge in [-0.25, -0.2) is 4.79 Å². The molecule has 1 saturated heterocycles. The summed E-state index contributed by atoms with van der Waals surface area (Å²) in [5, 5.41) is 14.0. The largest absolute Gasteiger partial charge is 0.497 e. The summed E-state index contributed by atoms with van der Waals surface area (Å²) in [7, 11) is 3.20. The van der Waals surface area contributed by atoms with Crippen molar-refractivity contribution in [2.24, 2.45) is 0 Å². The van der Waals surface area contributed by atoms with Crippen LogP contribution in [0.4, 0.5) is 0 Å². The molecule has 0 unspecified atom stereocenters. The van der Waals surface area contributed by atoms with Gasteiger partial charge in [0.15, 0.2) is 0 Å². The van der Waals surface area contributed by atoms with Gasteiger partial charge in [0.1, 0.15) is 40.8 Å². The molecule has 3 atom stereocenters. The Morgan fingerprint density at radius 1 is 0.942 bits per heavy atom. The lowest BCUT2D eigenvalue weighted by Crippen LogP contribution is -2.38. The van der Waals surface area contributed by atoms with Crippen LogP contribution in [0.1, 0.15) is 53.5 Å². The number of methoxy groups -OCH3 is 2. The van der Waals surface area contributed by atoms with E-state index in [1.807, 2.05) is 78.9 Å². The van der Waals surface area contributed by atoms with Gasteiger partial charge in [-0.1, -0.05) is 66.4 Å². The quantitative estimate of drug-likeness (QED) is 0.121. The molecule has 3 N–H and O–H groups in total. The number of ether oxygens (including phenoxy) is 4. The van der Waals surface area contributed by atoms with Crippen LogP contribution in [0.5, 0.6) is 11.5 Å². The normalized spacial score (nSPS) is 16.9. The van der Waals surface area contributed by atoms with Gasteiger partial charge in [0.2, 0.25) is 5.91 Å². The van der Waals surface area contributed by atoms with Crippen molar-refractivity contribution in [2.45, 2.75) is 49.8 Å². The summed E-state index contributed by atoms with van der Waals surface area (Å²) in [6.07, 6.45) is 0.458. The van der Waals surface area contributed by atoms with E-state index in [1.54, 1.807) is 26.4 Å². The summed E-state index contributed by atoms with van der Waals surface area (Å²) in [5.41, 5.74) is -0.0379. The topological polar surface area (TPSA) is 154 Å². The van der Waals surface area contributed by atoms with E-state index in [4.69, 9.17) is 23.4 Å². The summed E-state index contributed by atoms with van der Waals surface area (Å²) >= 11 is 0. The minimum atomic E-state index is -1.14. The number of H-pyrrole nitrogens is 1. The van der Waals surface area contributed by atoms with Crippen LogP contribution in [0, 0.1) is 11.8 Å². The van der Waals surface area contributed by atoms with E-state index < -0.39 is 35.3 Å². The lowest BCUT2D eigenvalue weighted by Gasteiger charge is -2.37. The van der Waals surface area contributed by atoms with Crippen molar-refractivity contribution < 1.29 is 33.3 Å². The average Bonchev–Trinajstić information content (AvgIpc) is 3.84. The van der Waals surface area contributed by atoms with Crippen molar-refractivity contribution >= 4 is 5.91 Å². The number of nitrogens with zero attached hydrogens (tertiary/aromatic N) is 1. The minimum Gasteiger partial charge on any atom is -0.497 e. The molecule has 12 nitrogen and oxygen atoms in total. The molecular formula is C40H39N3O9. The Labute approximate surface area is 299 Å². The van der Waals surface area contributed by atoms with Crippen molar-refractivity contribution in [3.8, 4) is 23.3 Å². The molecule has 1 fully saturated rings. The molecule has 0 radical (unpaired) electrons. The first-order valence-electron chi connectivity index (χ1n) is 16.8. The van der Waals surface area contributed by atoms with Gasteiger partial charge in [0.05, 0.1) is 39.7 Å². The van der Waals surface area contributed by atoms with Crippen molar-refractivity contribution in [3.63, 3.8) is 0 Å². The molecule has 0 spiro atoms. The van der Waals surface area contributed by atoms with Gasteiger partial charge in [-0.05, 0) is 53.1 Å². The lowest BCUT2D eigenvalue weighted by molar-refractivity contribution is -0.121. The molecule has 0 saturated carbocycles. The first-order chi connectivity index (χ1) is 25.3. The Morgan fingerprint density at radius 3 is 2.21 bits per heavy atom. The fraction of sp³-hybridized carbons (Fsp3) is 0.275. The molecule has 0 bridgehead atoms. The summed E-state index contributed by atoms with van der Waals surface area (Å²) in [5.74, 6) is 7.35. The number of aliphatic hydroxyl groups is 1. The zero-order chi connectivity index (χ0) is 36.5. The highest BCUT2D eigenvalue weighted by molar-refractivity contribution is 5.76. The minimum absolute atomic E-state index is 0.0236. The van der Waals surface area contributed by atoms with Crippen LogP contribution in [-0.2, 0) is 26.4 Å². The number of amides is 1. The second kappa shape index (κ2) is 16.4. The summed E-state index contributed by atoms with van der Waals surface area (Å²) in [4.78, 5) is 40.0. The Hall–Kier alpha value is -5.87. The van der Waals surface area contributed by atoms with Crippen molar-refractivity contribution in [1.82, 2.24) is 14.9 Å². The fourth-order valence-electron chi connectivity index (χ4n) is 6.13. The van der Waals surface area contributed by atoms with Crippen molar-refractivity contribution in [2.75, 3.05) is 20.8 Å². The number of benzene rings is 3. The van der Waals surface area contributed by atoms with Crippen LogP contribution in [0.15, 0.2) is 117 Å². The highest BCUT2D eigenvalue weighted by atomic mass is 16.6. The molecule has 12 heteroatoms. The number of carbonyl (C=O) groups excluding carboxylic acids is 1. The molecule has 6 rings (SSSR count). The Morgan fingerprint density at radius 2 is 1.60 bits per heavy atom. The number of aliphatic hydroxyl groups excluding tert-OH is 1. The fourth-order valence-corrected chi connectivity index (χ4v) is 6.13. The summed E-state index contributed by atoms with van der Waals surface area (Å²) in [6, 6.07) is 28.4. The van der Waals surface area contributed by atoms with Crippen molar-refractivity contribution in [3.05, 3.63) is 152 Å². The average molecular weight is 706 g/mol. The zero-order valence-electron chi connectivity index (χ0n) is 28.7. The Balaban J connectivity index is 1.21. The van der Waals surface area contributed by atoms with Gasteiger partial charge in [-0.2, -0.15) is 0 Å². The van der Waals surface area contributed by atoms with Gasteiger partial charge in [0.25, 0.3) is 5.56 Å². The van der Waals surface area contributed by atoms with E-state index in [0.29, 0.717) is 17.3 Å². The standard InChI is InChI=1S/C40H39N3O9/c1-48-31-18-14-29(15-19-31)40(28-10-4-3-5-11-28,30-16-20-32(49-2)21-17-30)51-26-35-34(44)23-37(52-35)43-25-27(38(46)42-39(43)47)9-6-7-13-36(45)41-24-33-12-8-22-50-33/h3-5,8,10-12,14-22,25,34-35,37,44H,7,13,23-24,26H2,1-2H3,(H,41,45)(H,42,46,47)/t34-,35+,37+/m0/s1. The first-order valence-corrected chi connectivity index (χ1v) is 16.8. The molecule has 3 heterocycles. The van der Waals surface area contributed by atoms with Crippen LogP contribution >= 0.6 is 0 Å². The highest BCUT2D eigenvalue weighted by Crippen LogP contribution is 2.42. The molecule has 1 amide bonds. The number of furan rings is 1. The SMILES string of the molecule is COc1ccc(C(OC[C@H]2O[C@@H](n3cc(C#CCCC(=O)NCc4ccco4)c(=O)[nH]c3=O)C[C@@H]2O)(c2ccccc2)c2ccc(OC)cc2)cc1. The van der Waals surface area contributed by atoms with E-state index in [-0.39, 0.29) is 43.9 Å². The first kappa shape index (κ1) is 35.9. The molecule has 1 aliphatic heterocycles. The van der Waals surface area contributed by atoms with Gasteiger partial charge in [-0.15, -0.1) is 0 Å². The zero-order valence-corrected chi connectivity index (χ0v) is 28.7. The van der Waals surface area contributed by atoms with Gasteiger partial charge < -0.3 is 33.8 Å². The van der Waals surface area contributed by atoms with E-state index in [9.17, 15) is 19.5 Å². The number of aromatic nitrogens is 2. The smallest absolute Gasteiger partial charge is 0.330 e. The third kappa shape index (κ3) is 8.03.